The Morgan fingerprint density at radius 1 is 1.35 bits per heavy atom. The van der Waals surface area contributed by atoms with E-state index in [0.29, 0.717) is 42.8 Å². The standard InChI is InChI=1S/C16H31N3O/c1-12(2)7-14(9-17)8-16(20)19-11-15-5-4-6-18(15)10-13(19)3/h12-15H,4-11,17H2,1-3H3/t13?,14-,15?/m0/s1. The SMILES string of the molecule is CC(C)C[C@H](CN)CC(=O)N1CC2CCCN2CC1C. The molecular weight excluding hydrogens is 250 g/mol. The van der Waals surface area contributed by atoms with Crippen LogP contribution in [0.1, 0.15) is 46.5 Å². The third-order valence-corrected chi connectivity index (χ3v) is 4.86. The van der Waals surface area contributed by atoms with Crippen molar-refractivity contribution in [3.8, 4) is 0 Å². The summed E-state index contributed by atoms with van der Waals surface area (Å²) in [5.41, 5.74) is 5.84. The minimum atomic E-state index is 0.320. The Morgan fingerprint density at radius 3 is 2.75 bits per heavy atom. The van der Waals surface area contributed by atoms with Gasteiger partial charge in [-0.05, 0) is 51.1 Å². The summed E-state index contributed by atoms with van der Waals surface area (Å²) in [5.74, 6) is 1.27. The zero-order valence-corrected chi connectivity index (χ0v) is 13.3. The number of carbonyl (C=O) groups is 1. The first-order valence-electron chi connectivity index (χ1n) is 8.24. The van der Waals surface area contributed by atoms with Crippen molar-refractivity contribution in [3.63, 3.8) is 0 Å². The monoisotopic (exact) mass is 281 g/mol. The third-order valence-electron chi connectivity index (χ3n) is 4.86. The molecule has 2 rings (SSSR count). The van der Waals surface area contributed by atoms with Gasteiger partial charge in [0.05, 0.1) is 0 Å². The Balaban J connectivity index is 1.90. The van der Waals surface area contributed by atoms with Crippen LogP contribution in [-0.2, 0) is 4.79 Å². The van der Waals surface area contributed by atoms with Crippen LogP contribution in [0.2, 0.25) is 0 Å². The first kappa shape index (κ1) is 15.8. The summed E-state index contributed by atoms with van der Waals surface area (Å²) in [7, 11) is 0. The van der Waals surface area contributed by atoms with Crippen molar-refractivity contribution in [2.24, 2.45) is 17.6 Å². The van der Waals surface area contributed by atoms with Gasteiger partial charge in [-0.25, -0.2) is 0 Å². The van der Waals surface area contributed by atoms with Gasteiger partial charge in [0.15, 0.2) is 0 Å². The Morgan fingerprint density at radius 2 is 2.10 bits per heavy atom. The summed E-state index contributed by atoms with van der Waals surface area (Å²) in [6, 6.07) is 0.964. The lowest BCUT2D eigenvalue weighted by molar-refractivity contribution is -0.137. The second-order valence-corrected chi connectivity index (χ2v) is 7.12. The highest BCUT2D eigenvalue weighted by Gasteiger charge is 2.36. The topological polar surface area (TPSA) is 49.6 Å². The predicted octanol–water partition coefficient (Wildman–Crippen LogP) is 1.69. The van der Waals surface area contributed by atoms with Gasteiger partial charge in [0.1, 0.15) is 0 Å². The van der Waals surface area contributed by atoms with E-state index in [1.165, 1.54) is 19.4 Å². The summed E-state index contributed by atoms with van der Waals surface area (Å²) in [5, 5.41) is 0. The van der Waals surface area contributed by atoms with Gasteiger partial charge in [-0.3, -0.25) is 9.69 Å². The molecule has 0 bridgehead atoms. The molecule has 2 unspecified atom stereocenters. The Hall–Kier alpha value is -0.610. The molecule has 0 aromatic rings. The number of nitrogens with zero attached hydrogens (tertiary/aromatic N) is 2. The van der Waals surface area contributed by atoms with E-state index < -0.39 is 0 Å². The lowest BCUT2D eigenvalue weighted by Gasteiger charge is -2.42. The fraction of sp³-hybridized carbons (Fsp3) is 0.938. The number of carbonyl (C=O) groups excluding carboxylic acids is 1. The maximum Gasteiger partial charge on any atom is 0.223 e. The van der Waals surface area contributed by atoms with E-state index in [1.54, 1.807) is 0 Å². The predicted molar refractivity (Wildman–Crippen MR) is 82.4 cm³/mol. The highest BCUT2D eigenvalue weighted by Crippen LogP contribution is 2.26. The molecule has 1 amide bonds. The van der Waals surface area contributed by atoms with E-state index in [9.17, 15) is 4.79 Å². The molecule has 0 aromatic heterocycles. The number of hydrogen-bond donors (Lipinski definition) is 1. The molecule has 20 heavy (non-hydrogen) atoms. The average Bonchev–Trinajstić information content (AvgIpc) is 2.83. The van der Waals surface area contributed by atoms with Crippen LogP contribution < -0.4 is 5.73 Å². The third kappa shape index (κ3) is 3.73. The summed E-state index contributed by atoms with van der Waals surface area (Å²) in [4.78, 5) is 17.3. The van der Waals surface area contributed by atoms with Crippen LogP contribution in [0.15, 0.2) is 0 Å². The van der Waals surface area contributed by atoms with Gasteiger partial charge in [0, 0.05) is 31.6 Å². The molecule has 0 aromatic carbocycles. The highest BCUT2D eigenvalue weighted by atomic mass is 16.2. The van der Waals surface area contributed by atoms with E-state index in [0.717, 1.165) is 19.5 Å². The molecule has 2 N–H and O–H groups in total. The average molecular weight is 281 g/mol. The molecule has 2 aliphatic rings. The van der Waals surface area contributed by atoms with Gasteiger partial charge in [-0.2, -0.15) is 0 Å². The molecule has 0 radical (unpaired) electrons. The van der Waals surface area contributed by atoms with Crippen LogP contribution in [0, 0.1) is 11.8 Å². The van der Waals surface area contributed by atoms with Gasteiger partial charge in [0.2, 0.25) is 5.91 Å². The Labute approximate surface area is 123 Å². The second kappa shape index (κ2) is 6.90. The number of nitrogens with two attached hydrogens (primary N) is 1. The van der Waals surface area contributed by atoms with Crippen molar-refractivity contribution in [2.75, 3.05) is 26.2 Å². The van der Waals surface area contributed by atoms with Gasteiger partial charge in [-0.15, -0.1) is 0 Å². The zero-order chi connectivity index (χ0) is 14.7. The molecule has 0 saturated carbocycles. The maximum absolute atomic E-state index is 12.6. The number of fused-ring (bicyclic) bond motifs is 1. The molecule has 2 fully saturated rings. The largest absolute Gasteiger partial charge is 0.337 e. The molecule has 2 saturated heterocycles. The summed E-state index contributed by atoms with van der Waals surface area (Å²) >= 11 is 0. The summed E-state index contributed by atoms with van der Waals surface area (Å²) in [6.07, 6.45) is 4.23. The van der Waals surface area contributed by atoms with Crippen LogP contribution in [0.5, 0.6) is 0 Å². The van der Waals surface area contributed by atoms with Crippen molar-refractivity contribution in [1.29, 1.82) is 0 Å². The first-order chi connectivity index (χ1) is 9.51. The minimum absolute atomic E-state index is 0.320. The van der Waals surface area contributed by atoms with Crippen LogP contribution >= 0.6 is 0 Å². The van der Waals surface area contributed by atoms with E-state index in [-0.39, 0.29) is 0 Å². The van der Waals surface area contributed by atoms with Crippen LogP contribution in [0.4, 0.5) is 0 Å². The second-order valence-electron chi connectivity index (χ2n) is 7.12. The number of hydrogen-bond acceptors (Lipinski definition) is 3. The van der Waals surface area contributed by atoms with E-state index in [1.807, 2.05) is 0 Å². The minimum Gasteiger partial charge on any atom is -0.337 e. The Bertz CT molecular complexity index is 332. The fourth-order valence-corrected chi connectivity index (χ4v) is 3.83. The van der Waals surface area contributed by atoms with Gasteiger partial charge >= 0.3 is 0 Å². The summed E-state index contributed by atoms with van der Waals surface area (Å²) < 4.78 is 0. The van der Waals surface area contributed by atoms with E-state index in [4.69, 9.17) is 5.73 Å². The van der Waals surface area contributed by atoms with Gasteiger partial charge < -0.3 is 10.6 Å². The van der Waals surface area contributed by atoms with Crippen molar-refractivity contribution in [1.82, 2.24) is 9.80 Å². The summed E-state index contributed by atoms with van der Waals surface area (Å²) in [6.45, 7) is 10.4. The molecule has 2 heterocycles. The van der Waals surface area contributed by atoms with E-state index >= 15 is 0 Å². The number of rotatable bonds is 5. The van der Waals surface area contributed by atoms with Gasteiger partial charge in [0.25, 0.3) is 0 Å². The molecular formula is C16H31N3O. The van der Waals surface area contributed by atoms with Crippen LogP contribution in [-0.4, -0.2) is 54.0 Å². The first-order valence-corrected chi connectivity index (χ1v) is 8.24. The molecule has 0 aliphatic carbocycles. The quantitative estimate of drug-likeness (QED) is 0.834. The molecule has 4 nitrogen and oxygen atoms in total. The number of piperazine rings is 1. The van der Waals surface area contributed by atoms with Crippen molar-refractivity contribution in [2.45, 2.75) is 58.5 Å². The zero-order valence-electron chi connectivity index (χ0n) is 13.3. The van der Waals surface area contributed by atoms with Gasteiger partial charge in [-0.1, -0.05) is 13.8 Å². The molecule has 2 aliphatic heterocycles. The van der Waals surface area contributed by atoms with Crippen molar-refractivity contribution >= 4 is 5.91 Å². The smallest absolute Gasteiger partial charge is 0.223 e. The molecule has 3 atom stereocenters. The number of amides is 1. The van der Waals surface area contributed by atoms with Crippen LogP contribution in [0.3, 0.4) is 0 Å². The maximum atomic E-state index is 12.6. The van der Waals surface area contributed by atoms with Crippen molar-refractivity contribution < 1.29 is 4.79 Å². The molecule has 4 heteroatoms. The molecule has 0 spiro atoms. The highest BCUT2D eigenvalue weighted by molar-refractivity contribution is 5.77. The Kier molecular flexibility index (Phi) is 5.44. The lowest BCUT2D eigenvalue weighted by atomic mass is 9.93. The normalized spacial score (nSPS) is 28.8. The fourth-order valence-electron chi connectivity index (χ4n) is 3.83. The van der Waals surface area contributed by atoms with Crippen LogP contribution in [0.25, 0.3) is 0 Å². The lowest BCUT2D eigenvalue weighted by Crippen LogP contribution is -2.57. The van der Waals surface area contributed by atoms with Crippen molar-refractivity contribution in [3.05, 3.63) is 0 Å². The molecule has 116 valence electrons. The van der Waals surface area contributed by atoms with E-state index in [2.05, 4.69) is 30.6 Å².